The van der Waals surface area contributed by atoms with Gasteiger partial charge in [0.2, 0.25) is 0 Å². The first-order valence-corrected chi connectivity index (χ1v) is 8.31. The number of hydrogen-bond acceptors (Lipinski definition) is 3. The smallest absolute Gasteiger partial charge is 0.119 e. The molecule has 3 nitrogen and oxygen atoms in total. The zero-order chi connectivity index (χ0) is 14.9. The average Bonchev–Trinajstić information content (AvgIpc) is 3.37. The second-order valence-electron chi connectivity index (χ2n) is 6.86. The Morgan fingerprint density at radius 1 is 1.43 bits per heavy atom. The molecule has 3 rings (SSSR count). The molecule has 3 heteroatoms. The third kappa shape index (κ3) is 2.95. The molecule has 0 radical (unpaired) electrons. The van der Waals surface area contributed by atoms with Crippen molar-refractivity contribution in [1.29, 1.82) is 0 Å². The van der Waals surface area contributed by atoms with Gasteiger partial charge in [-0.2, -0.15) is 0 Å². The first-order valence-electron chi connectivity index (χ1n) is 8.31. The topological polar surface area (TPSA) is 47.3 Å². The fourth-order valence-corrected chi connectivity index (χ4v) is 3.72. The molecule has 2 unspecified atom stereocenters. The second kappa shape index (κ2) is 5.98. The van der Waals surface area contributed by atoms with Crippen molar-refractivity contribution in [2.24, 2.45) is 17.6 Å². The van der Waals surface area contributed by atoms with Gasteiger partial charge in [-0.1, -0.05) is 13.0 Å². The molecule has 0 aromatic heterocycles. The highest BCUT2D eigenvalue weighted by atomic mass is 16.5. The zero-order valence-corrected chi connectivity index (χ0v) is 13.3. The van der Waals surface area contributed by atoms with E-state index in [2.05, 4.69) is 30.4 Å². The molecular weight excluding hydrogens is 260 g/mol. The second-order valence-corrected chi connectivity index (χ2v) is 6.86. The molecule has 2 atom stereocenters. The molecule has 2 aliphatic rings. The number of methoxy groups -OCH3 is 1. The Balaban J connectivity index is 1.84. The molecule has 0 amide bonds. The number of benzene rings is 1. The number of rotatable bonds is 6. The van der Waals surface area contributed by atoms with Crippen LogP contribution in [0.3, 0.4) is 0 Å². The lowest BCUT2D eigenvalue weighted by Gasteiger charge is -2.40. The van der Waals surface area contributed by atoms with Crippen LogP contribution in [0.4, 0.5) is 0 Å². The van der Waals surface area contributed by atoms with Gasteiger partial charge < -0.3 is 15.8 Å². The average molecular weight is 288 g/mol. The number of hydrogen-bond donors (Lipinski definition) is 2. The fourth-order valence-electron chi connectivity index (χ4n) is 3.72. The maximum absolute atomic E-state index is 6.22. The van der Waals surface area contributed by atoms with Crippen LogP contribution in [-0.2, 0) is 12.0 Å². The van der Waals surface area contributed by atoms with E-state index in [0.717, 1.165) is 37.0 Å². The molecule has 0 bridgehead atoms. The summed E-state index contributed by atoms with van der Waals surface area (Å²) in [5, 5.41) is 3.83. The minimum absolute atomic E-state index is 0.0642. The molecule has 21 heavy (non-hydrogen) atoms. The molecule has 1 aromatic carbocycles. The van der Waals surface area contributed by atoms with Crippen LogP contribution in [0.1, 0.15) is 43.7 Å². The Labute approximate surface area is 128 Å². The fraction of sp³-hybridized carbons (Fsp3) is 0.667. The van der Waals surface area contributed by atoms with Gasteiger partial charge in [-0.25, -0.2) is 0 Å². The van der Waals surface area contributed by atoms with Crippen molar-refractivity contribution < 1.29 is 4.74 Å². The maximum atomic E-state index is 6.22. The van der Waals surface area contributed by atoms with Crippen LogP contribution in [0.2, 0.25) is 0 Å². The highest BCUT2D eigenvalue weighted by Gasteiger charge is 2.37. The predicted molar refractivity (Wildman–Crippen MR) is 86.6 cm³/mol. The minimum atomic E-state index is -0.0642. The van der Waals surface area contributed by atoms with Crippen molar-refractivity contribution in [2.75, 3.05) is 20.2 Å². The van der Waals surface area contributed by atoms with Crippen molar-refractivity contribution in [2.45, 2.75) is 44.6 Å². The Kier molecular flexibility index (Phi) is 4.23. The monoisotopic (exact) mass is 288 g/mol. The van der Waals surface area contributed by atoms with Crippen molar-refractivity contribution in [3.63, 3.8) is 0 Å². The quantitative estimate of drug-likeness (QED) is 0.846. The highest BCUT2D eigenvalue weighted by molar-refractivity contribution is 5.42. The van der Waals surface area contributed by atoms with E-state index < -0.39 is 0 Å². The summed E-state index contributed by atoms with van der Waals surface area (Å²) in [6.07, 6.45) is 6.30. The lowest BCUT2D eigenvalue weighted by Crippen LogP contribution is -2.51. The summed E-state index contributed by atoms with van der Waals surface area (Å²) in [5.41, 5.74) is 8.94. The lowest BCUT2D eigenvalue weighted by molar-refractivity contribution is 0.268. The molecule has 116 valence electrons. The molecule has 1 saturated carbocycles. The molecule has 0 spiro atoms. The van der Waals surface area contributed by atoms with Gasteiger partial charge in [0.05, 0.1) is 12.6 Å². The molecule has 1 fully saturated rings. The van der Waals surface area contributed by atoms with Crippen molar-refractivity contribution in [1.82, 2.24) is 5.32 Å². The lowest BCUT2D eigenvalue weighted by atomic mass is 9.76. The van der Waals surface area contributed by atoms with Gasteiger partial charge in [0.1, 0.15) is 5.75 Å². The summed E-state index contributed by atoms with van der Waals surface area (Å²) in [7, 11) is 1.73. The minimum Gasteiger partial charge on any atom is -0.497 e. The predicted octanol–water partition coefficient (Wildman–Crippen LogP) is 2.82. The van der Waals surface area contributed by atoms with Gasteiger partial charge in [-0.05, 0) is 73.7 Å². The first kappa shape index (κ1) is 14.9. The Morgan fingerprint density at radius 2 is 2.24 bits per heavy atom. The van der Waals surface area contributed by atoms with Gasteiger partial charge in [-0.15, -0.1) is 0 Å². The van der Waals surface area contributed by atoms with E-state index in [-0.39, 0.29) is 5.54 Å². The van der Waals surface area contributed by atoms with Crippen LogP contribution in [-0.4, -0.2) is 20.2 Å². The molecule has 0 heterocycles. The number of nitrogens with one attached hydrogen (secondary N) is 1. The summed E-state index contributed by atoms with van der Waals surface area (Å²) >= 11 is 0. The number of fused-ring (bicyclic) bond motifs is 1. The van der Waals surface area contributed by atoms with E-state index in [1.807, 2.05) is 0 Å². The molecule has 3 N–H and O–H groups in total. The zero-order valence-electron chi connectivity index (χ0n) is 13.3. The largest absolute Gasteiger partial charge is 0.497 e. The van der Waals surface area contributed by atoms with Gasteiger partial charge in [0.15, 0.2) is 0 Å². The normalized spacial score (nSPS) is 26.2. The third-order valence-corrected chi connectivity index (χ3v) is 5.42. The van der Waals surface area contributed by atoms with Crippen molar-refractivity contribution >= 4 is 0 Å². The van der Waals surface area contributed by atoms with E-state index in [9.17, 15) is 0 Å². The Morgan fingerprint density at radius 3 is 2.90 bits per heavy atom. The van der Waals surface area contributed by atoms with E-state index in [0.29, 0.717) is 6.54 Å². The molecular formula is C18H28N2O. The molecule has 0 saturated heterocycles. The molecule has 2 aliphatic carbocycles. The van der Waals surface area contributed by atoms with E-state index in [1.54, 1.807) is 7.11 Å². The van der Waals surface area contributed by atoms with Crippen LogP contribution < -0.4 is 15.8 Å². The van der Waals surface area contributed by atoms with Crippen LogP contribution in [0.25, 0.3) is 0 Å². The summed E-state index contributed by atoms with van der Waals surface area (Å²) in [6.45, 7) is 4.09. The number of aryl methyl sites for hydroxylation is 1. The third-order valence-electron chi connectivity index (χ3n) is 5.42. The van der Waals surface area contributed by atoms with Crippen LogP contribution >= 0.6 is 0 Å². The molecule has 0 aliphatic heterocycles. The first-order chi connectivity index (χ1) is 10.2. The standard InChI is InChI=1S/C18H28N2O/c1-13(14-5-6-14)11-20-18(12-19)9-3-4-15-7-8-16(21-2)10-17(15)18/h7-8,10,13-14,20H,3-6,9,11-12,19H2,1-2H3. The highest BCUT2D eigenvalue weighted by Crippen LogP contribution is 2.39. The summed E-state index contributed by atoms with van der Waals surface area (Å²) < 4.78 is 5.42. The SMILES string of the molecule is COc1ccc2c(c1)C(CN)(NCC(C)C1CC1)CCC2. The van der Waals surface area contributed by atoms with Crippen LogP contribution in [0.15, 0.2) is 18.2 Å². The van der Waals surface area contributed by atoms with Crippen molar-refractivity contribution in [3.8, 4) is 5.75 Å². The maximum Gasteiger partial charge on any atom is 0.119 e. The Bertz CT molecular complexity index is 498. The van der Waals surface area contributed by atoms with Gasteiger partial charge in [0, 0.05) is 6.54 Å². The van der Waals surface area contributed by atoms with E-state index in [1.165, 1.54) is 30.4 Å². The van der Waals surface area contributed by atoms with Gasteiger partial charge >= 0.3 is 0 Å². The van der Waals surface area contributed by atoms with Crippen molar-refractivity contribution in [3.05, 3.63) is 29.3 Å². The van der Waals surface area contributed by atoms with Gasteiger partial charge in [0.25, 0.3) is 0 Å². The summed E-state index contributed by atoms with van der Waals surface area (Å²) in [5.74, 6) is 2.62. The van der Waals surface area contributed by atoms with Crippen LogP contribution in [0, 0.1) is 11.8 Å². The molecule has 1 aromatic rings. The summed E-state index contributed by atoms with van der Waals surface area (Å²) in [4.78, 5) is 0. The number of nitrogens with two attached hydrogens (primary N) is 1. The number of ether oxygens (including phenoxy) is 1. The van der Waals surface area contributed by atoms with E-state index in [4.69, 9.17) is 10.5 Å². The summed E-state index contributed by atoms with van der Waals surface area (Å²) in [6, 6.07) is 6.47. The van der Waals surface area contributed by atoms with Crippen LogP contribution in [0.5, 0.6) is 5.75 Å². The van der Waals surface area contributed by atoms with Gasteiger partial charge in [-0.3, -0.25) is 0 Å². The van der Waals surface area contributed by atoms with E-state index >= 15 is 0 Å². The Hall–Kier alpha value is -1.06.